The summed E-state index contributed by atoms with van der Waals surface area (Å²) in [4.78, 5) is 0. The fourth-order valence-corrected chi connectivity index (χ4v) is 4.42. The SMILES string of the molecule is CC1(C)C2CCC1(C)C(NCc1cccc(O)c1)C2. The van der Waals surface area contributed by atoms with Crippen LogP contribution in [0.1, 0.15) is 45.6 Å². The van der Waals surface area contributed by atoms with Crippen molar-refractivity contribution in [3.63, 3.8) is 0 Å². The van der Waals surface area contributed by atoms with Crippen LogP contribution in [-0.4, -0.2) is 11.1 Å². The number of phenols is 1. The van der Waals surface area contributed by atoms with Gasteiger partial charge in [-0.1, -0.05) is 32.9 Å². The van der Waals surface area contributed by atoms with Crippen LogP contribution in [0.3, 0.4) is 0 Å². The molecule has 0 aliphatic heterocycles. The number of benzene rings is 1. The van der Waals surface area contributed by atoms with Crippen molar-refractivity contribution in [1.29, 1.82) is 0 Å². The highest BCUT2D eigenvalue weighted by molar-refractivity contribution is 5.27. The Hall–Kier alpha value is -1.02. The molecule has 2 heteroatoms. The molecule has 3 rings (SSSR count). The lowest BCUT2D eigenvalue weighted by molar-refractivity contribution is 0.120. The molecule has 2 bridgehead atoms. The van der Waals surface area contributed by atoms with Gasteiger partial charge in [0.2, 0.25) is 0 Å². The molecule has 0 saturated heterocycles. The molecule has 1 aromatic carbocycles. The molecule has 2 fully saturated rings. The second-order valence-electron chi connectivity index (χ2n) is 7.21. The molecule has 2 nitrogen and oxygen atoms in total. The number of aromatic hydroxyl groups is 1. The van der Waals surface area contributed by atoms with E-state index in [2.05, 4.69) is 32.2 Å². The van der Waals surface area contributed by atoms with Crippen LogP contribution in [0.25, 0.3) is 0 Å². The van der Waals surface area contributed by atoms with Gasteiger partial charge in [0.1, 0.15) is 5.75 Å². The monoisotopic (exact) mass is 259 g/mol. The number of rotatable bonds is 3. The Bertz CT molecular complexity index is 482. The maximum atomic E-state index is 9.52. The van der Waals surface area contributed by atoms with Crippen molar-refractivity contribution in [3.8, 4) is 5.75 Å². The molecule has 3 atom stereocenters. The molecule has 0 aromatic heterocycles. The van der Waals surface area contributed by atoms with Gasteiger partial charge < -0.3 is 10.4 Å². The second kappa shape index (κ2) is 4.24. The number of phenolic OH excluding ortho intramolecular Hbond substituents is 1. The average Bonchev–Trinajstić information content (AvgIpc) is 2.69. The van der Waals surface area contributed by atoms with Gasteiger partial charge in [0.25, 0.3) is 0 Å². The number of hydrogen-bond acceptors (Lipinski definition) is 2. The van der Waals surface area contributed by atoms with Gasteiger partial charge in [-0.25, -0.2) is 0 Å². The third-order valence-corrected chi connectivity index (χ3v) is 6.26. The van der Waals surface area contributed by atoms with E-state index in [0.717, 1.165) is 12.5 Å². The van der Waals surface area contributed by atoms with Crippen LogP contribution in [-0.2, 0) is 6.54 Å². The highest BCUT2D eigenvalue weighted by Crippen LogP contribution is 2.65. The third kappa shape index (κ3) is 1.88. The summed E-state index contributed by atoms with van der Waals surface area (Å²) >= 11 is 0. The summed E-state index contributed by atoms with van der Waals surface area (Å²) < 4.78 is 0. The van der Waals surface area contributed by atoms with Crippen molar-refractivity contribution < 1.29 is 5.11 Å². The van der Waals surface area contributed by atoms with Crippen molar-refractivity contribution >= 4 is 0 Å². The fourth-order valence-electron chi connectivity index (χ4n) is 4.42. The molecule has 0 spiro atoms. The molecule has 2 aliphatic rings. The smallest absolute Gasteiger partial charge is 0.115 e. The normalized spacial score (nSPS) is 35.7. The first kappa shape index (κ1) is 13.0. The predicted molar refractivity (Wildman–Crippen MR) is 78.0 cm³/mol. The summed E-state index contributed by atoms with van der Waals surface area (Å²) in [6, 6.07) is 8.19. The van der Waals surface area contributed by atoms with Crippen molar-refractivity contribution in [2.24, 2.45) is 16.7 Å². The van der Waals surface area contributed by atoms with Crippen molar-refractivity contribution in [2.75, 3.05) is 0 Å². The number of nitrogens with one attached hydrogen (secondary N) is 1. The topological polar surface area (TPSA) is 32.3 Å². The van der Waals surface area contributed by atoms with E-state index in [1.165, 1.54) is 24.8 Å². The van der Waals surface area contributed by atoms with Gasteiger partial charge in [0.15, 0.2) is 0 Å². The molecule has 0 heterocycles. The molecule has 1 aromatic rings. The Morgan fingerprint density at radius 2 is 2.11 bits per heavy atom. The minimum Gasteiger partial charge on any atom is -0.508 e. The molecule has 2 aliphatic carbocycles. The molecular weight excluding hydrogens is 234 g/mol. The molecule has 0 amide bonds. The van der Waals surface area contributed by atoms with E-state index in [0.29, 0.717) is 22.6 Å². The Balaban J connectivity index is 1.69. The molecule has 3 unspecified atom stereocenters. The molecule has 2 saturated carbocycles. The lowest BCUT2D eigenvalue weighted by atomic mass is 9.69. The van der Waals surface area contributed by atoms with Gasteiger partial charge >= 0.3 is 0 Å². The second-order valence-corrected chi connectivity index (χ2v) is 7.21. The Kier molecular flexibility index (Phi) is 2.90. The molecule has 19 heavy (non-hydrogen) atoms. The first-order valence-electron chi connectivity index (χ1n) is 7.45. The quantitative estimate of drug-likeness (QED) is 0.867. The highest BCUT2D eigenvalue weighted by Gasteiger charge is 2.60. The average molecular weight is 259 g/mol. The van der Waals surface area contributed by atoms with Gasteiger partial charge in [-0.05, 0) is 53.7 Å². The first-order chi connectivity index (χ1) is 8.93. The Labute approximate surface area is 116 Å². The van der Waals surface area contributed by atoms with Crippen molar-refractivity contribution in [3.05, 3.63) is 29.8 Å². The van der Waals surface area contributed by atoms with Crippen LogP contribution in [0.15, 0.2) is 24.3 Å². The number of hydrogen-bond donors (Lipinski definition) is 2. The van der Waals surface area contributed by atoms with Gasteiger partial charge in [-0.15, -0.1) is 0 Å². The summed E-state index contributed by atoms with van der Waals surface area (Å²) in [5, 5.41) is 13.3. The third-order valence-electron chi connectivity index (χ3n) is 6.26. The van der Waals surface area contributed by atoms with E-state index >= 15 is 0 Å². The van der Waals surface area contributed by atoms with Crippen LogP contribution in [0, 0.1) is 16.7 Å². The zero-order chi connectivity index (χ0) is 13.7. The van der Waals surface area contributed by atoms with E-state index in [1.54, 1.807) is 6.07 Å². The van der Waals surface area contributed by atoms with E-state index in [4.69, 9.17) is 0 Å². The van der Waals surface area contributed by atoms with Crippen LogP contribution >= 0.6 is 0 Å². The lowest BCUT2D eigenvalue weighted by Gasteiger charge is -2.39. The van der Waals surface area contributed by atoms with Crippen LogP contribution in [0.4, 0.5) is 0 Å². The summed E-state index contributed by atoms with van der Waals surface area (Å²) in [5.41, 5.74) is 2.06. The first-order valence-corrected chi connectivity index (χ1v) is 7.45. The van der Waals surface area contributed by atoms with Crippen LogP contribution < -0.4 is 5.32 Å². The van der Waals surface area contributed by atoms with Gasteiger partial charge in [-0.3, -0.25) is 0 Å². The number of fused-ring (bicyclic) bond motifs is 2. The van der Waals surface area contributed by atoms with E-state index in [1.807, 2.05) is 12.1 Å². The Morgan fingerprint density at radius 3 is 2.68 bits per heavy atom. The van der Waals surface area contributed by atoms with E-state index in [9.17, 15) is 5.11 Å². The zero-order valence-electron chi connectivity index (χ0n) is 12.2. The molecule has 104 valence electrons. The van der Waals surface area contributed by atoms with E-state index < -0.39 is 0 Å². The molecule has 0 radical (unpaired) electrons. The zero-order valence-corrected chi connectivity index (χ0v) is 12.2. The Morgan fingerprint density at radius 1 is 1.32 bits per heavy atom. The van der Waals surface area contributed by atoms with Crippen LogP contribution in [0.5, 0.6) is 5.75 Å². The standard InChI is InChI=1S/C17H25NO/c1-16(2)13-7-8-17(16,3)15(10-13)18-11-12-5-4-6-14(19)9-12/h4-6,9,13,15,18-19H,7-8,10-11H2,1-3H3. The van der Waals surface area contributed by atoms with Gasteiger partial charge in [0.05, 0.1) is 0 Å². The maximum Gasteiger partial charge on any atom is 0.115 e. The lowest BCUT2D eigenvalue weighted by Crippen LogP contribution is -2.44. The summed E-state index contributed by atoms with van der Waals surface area (Å²) in [5.74, 6) is 1.23. The maximum absolute atomic E-state index is 9.52. The van der Waals surface area contributed by atoms with Crippen molar-refractivity contribution in [1.82, 2.24) is 5.32 Å². The van der Waals surface area contributed by atoms with Gasteiger partial charge in [-0.2, -0.15) is 0 Å². The molecular formula is C17H25NO. The highest BCUT2D eigenvalue weighted by atomic mass is 16.3. The minimum atomic E-state index is 0.360. The van der Waals surface area contributed by atoms with Gasteiger partial charge in [0, 0.05) is 12.6 Å². The largest absolute Gasteiger partial charge is 0.508 e. The minimum absolute atomic E-state index is 0.360. The van der Waals surface area contributed by atoms with Crippen LogP contribution in [0.2, 0.25) is 0 Å². The van der Waals surface area contributed by atoms with Crippen molar-refractivity contribution in [2.45, 2.75) is 52.6 Å². The predicted octanol–water partition coefficient (Wildman–Crippen LogP) is 3.70. The van der Waals surface area contributed by atoms with E-state index in [-0.39, 0.29) is 0 Å². The fraction of sp³-hybridized carbons (Fsp3) is 0.647. The summed E-state index contributed by atoms with van der Waals surface area (Å²) in [7, 11) is 0. The summed E-state index contributed by atoms with van der Waals surface area (Å²) in [6.07, 6.45) is 4.05. The summed E-state index contributed by atoms with van der Waals surface area (Å²) in [6.45, 7) is 8.21. The molecule has 2 N–H and O–H groups in total.